The lowest BCUT2D eigenvalue weighted by Crippen LogP contribution is -2.16. The molecule has 2 rings (SSSR count). The van der Waals surface area contributed by atoms with Gasteiger partial charge in [0.2, 0.25) is 0 Å². The summed E-state index contributed by atoms with van der Waals surface area (Å²) in [6.45, 7) is 0. The van der Waals surface area contributed by atoms with E-state index in [9.17, 15) is 15.3 Å². The smallest absolute Gasteiger partial charge is 0.268 e. The van der Waals surface area contributed by atoms with Gasteiger partial charge in [0.25, 0.3) is 5.56 Å². The van der Waals surface area contributed by atoms with Crippen molar-refractivity contribution in [2.24, 2.45) is 0 Å². The molecule has 0 saturated carbocycles. The molecule has 0 saturated heterocycles. The second kappa shape index (κ2) is 5.40. The van der Waals surface area contributed by atoms with Crippen molar-refractivity contribution in [2.75, 3.05) is 24.7 Å². The van der Waals surface area contributed by atoms with E-state index in [1.54, 1.807) is 12.1 Å². The molecule has 0 aliphatic carbocycles. The predicted octanol–water partition coefficient (Wildman–Crippen LogP) is 1.43. The van der Waals surface area contributed by atoms with Gasteiger partial charge in [0.05, 0.1) is 0 Å². The number of aromatic amines is 1. The number of aromatic nitrogens is 1. The van der Waals surface area contributed by atoms with Gasteiger partial charge in [0.15, 0.2) is 0 Å². The molecule has 2 aromatic rings. The minimum absolute atomic E-state index is 0.0341. The number of nitrogen functional groups attached to an aromatic ring is 1. The number of benzene rings is 1. The summed E-state index contributed by atoms with van der Waals surface area (Å²) in [7, 11) is 3.81. The van der Waals surface area contributed by atoms with Crippen molar-refractivity contribution in [2.45, 2.75) is 0 Å². The number of nitrogens with two attached hydrogens (primary N) is 1. The van der Waals surface area contributed by atoms with Gasteiger partial charge in [-0.25, -0.2) is 0 Å². The molecule has 104 valence electrons. The lowest BCUT2D eigenvalue weighted by molar-refractivity contribution is 1.13. The summed E-state index contributed by atoms with van der Waals surface area (Å²) >= 11 is 0. The van der Waals surface area contributed by atoms with Gasteiger partial charge >= 0.3 is 0 Å². The number of pyridine rings is 1. The highest BCUT2D eigenvalue weighted by Crippen LogP contribution is 2.29. The molecule has 0 fully saturated rings. The van der Waals surface area contributed by atoms with Crippen molar-refractivity contribution in [3.05, 3.63) is 45.7 Å². The fourth-order valence-corrected chi connectivity index (χ4v) is 2.06. The summed E-state index contributed by atoms with van der Waals surface area (Å²) < 4.78 is 0. The molecule has 6 heteroatoms. The van der Waals surface area contributed by atoms with Gasteiger partial charge in [-0.1, -0.05) is 12.1 Å². The van der Waals surface area contributed by atoms with E-state index in [0.717, 1.165) is 5.69 Å². The minimum Gasteiger partial charge on any atom is -0.384 e. The van der Waals surface area contributed by atoms with Crippen LogP contribution in [0.25, 0.3) is 11.1 Å². The first-order valence-electron chi connectivity index (χ1n) is 6.13. The third-order valence-electron chi connectivity index (χ3n) is 3.14. The number of nitriles is 2. The Hall–Kier alpha value is -3.25. The van der Waals surface area contributed by atoms with E-state index >= 15 is 0 Å². The topological polar surface area (TPSA) is 110 Å². The molecule has 21 heavy (non-hydrogen) atoms. The Balaban J connectivity index is 2.77. The number of nitrogens with one attached hydrogen (secondary N) is 1. The van der Waals surface area contributed by atoms with Crippen LogP contribution in [0.4, 0.5) is 11.5 Å². The van der Waals surface area contributed by atoms with Gasteiger partial charge in [-0.3, -0.25) is 4.79 Å². The highest BCUT2D eigenvalue weighted by atomic mass is 16.1. The number of hydrogen-bond donors (Lipinski definition) is 2. The molecule has 1 aromatic carbocycles. The third-order valence-corrected chi connectivity index (χ3v) is 3.14. The summed E-state index contributed by atoms with van der Waals surface area (Å²) in [6.07, 6.45) is 0. The van der Waals surface area contributed by atoms with Crippen LogP contribution in [0.3, 0.4) is 0 Å². The Bertz CT molecular complexity index is 819. The molecular weight excluding hydrogens is 266 g/mol. The molecule has 0 unspecified atom stereocenters. The van der Waals surface area contributed by atoms with E-state index in [4.69, 9.17) is 5.73 Å². The third kappa shape index (κ3) is 2.43. The number of H-pyrrole nitrogens is 1. The van der Waals surface area contributed by atoms with Crippen LogP contribution in [0.15, 0.2) is 29.1 Å². The Kier molecular flexibility index (Phi) is 3.64. The van der Waals surface area contributed by atoms with E-state index in [1.807, 2.05) is 43.3 Å². The second-order valence-electron chi connectivity index (χ2n) is 4.66. The molecule has 3 N–H and O–H groups in total. The molecule has 6 nitrogen and oxygen atoms in total. The van der Waals surface area contributed by atoms with Crippen LogP contribution < -0.4 is 16.2 Å². The Morgan fingerprint density at radius 3 is 2.14 bits per heavy atom. The van der Waals surface area contributed by atoms with Gasteiger partial charge in [-0.05, 0) is 17.7 Å². The summed E-state index contributed by atoms with van der Waals surface area (Å²) in [5.74, 6) is -0.0341. The monoisotopic (exact) mass is 279 g/mol. The maximum absolute atomic E-state index is 11.8. The fraction of sp³-hybridized carbons (Fsp3) is 0.133. The molecule has 0 aliphatic rings. The van der Waals surface area contributed by atoms with Gasteiger partial charge in [0, 0.05) is 25.3 Å². The maximum Gasteiger partial charge on any atom is 0.268 e. The van der Waals surface area contributed by atoms with E-state index in [1.165, 1.54) is 0 Å². The van der Waals surface area contributed by atoms with Gasteiger partial charge < -0.3 is 15.6 Å². The van der Waals surface area contributed by atoms with Crippen molar-refractivity contribution in [3.8, 4) is 23.3 Å². The fourth-order valence-electron chi connectivity index (χ4n) is 2.06. The standard InChI is InChI=1S/C15H13N5O/c1-20(2)10-5-3-9(4-6-10)13-11(7-16)14(18)19-15(21)12(13)8-17/h3-6H,1-2H3,(H3,18,19,21). The highest BCUT2D eigenvalue weighted by Gasteiger charge is 2.17. The highest BCUT2D eigenvalue weighted by molar-refractivity contribution is 5.80. The molecule has 0 atom stereocenters. The van der Waals surface area contributed by atoms with E-state index < -0.39 is 5.56 Å². The van der Waals surface area contributed by atoms with Gasteiger partial charge in [-0.2, -0.15) is 10.5 Å². The van der Waals surface area contributed by atoms with Crippen LogP contribution >= 0.6 is 0 Å². The molecule has 0 aliphatic heterocycles. The zero-order valence-electron chi connectivity index (χ0n) is 11.6. The average Bonchev–Trinajstić information content (AvgIpc) is 2.46. The van der Waals surface area contributed by atoms with Crippen molar-refractivity contribution in [3.63, 3.8) is 0 Å². The number of anilines is 2. The summed E-state index contributed by atoms with van der Waals surface area (Å²) in [5.41, 5.74) is 6.91. The van der Waals surface area contributed by atoms with Crippen LogP contribution in [-0.4, -0.2) is 19.1 Å². The van der Waals surface area contributed by atoms with Crippen LogP contribution in [0.1, 0.15) is 11.1 Å². The molecule has 0 bridgehead atoms. The largest absolute Gasteiger partial charge is 0.384 e. The zero-order valence-corrected chi connectivity index (χ0v) is 11.6. The van der Waals surface area contributed by atoms with Crippen molar-refractivity contribution < 1.29 is 0 Å². The lowest BCUT2D eigenvalue weighted by Gasteiger charge is -2.14. The molecule has 1 aromatic heterocycles. The van der Waals surface area contributed by atoms with Crippen molar-refractivity contribution >= 4 is 11.5 Å². The van der Waals surface area contributed by atoms with Crippen molar-refractivity contribution in [1.82, 2.24) is 4.98 Å². The van der Waals surface area contributed by atoms with Crippen LogP contribution in [0.2, 0.25) is 0 Å². The van der Waals surface area contributed by atoms with Crippen LogP contribution in [-0.2, 0) is 0 Å². The van der Waals surface area contributed by atoms with Gasteiger partial charge in [-0.15, -0.1) is 0 Å². The number of rotatable bonds is 2. The quantitative estimate of drug-likeness (QED) is 0.864. The molecular formula is C15H13N5O. The first kappa shape index (κ1) is 14.2. The predicted molar refractivity (Wildman–Crippen MR) is 80.7 cm³/mol. The van der Waals surface area contributed by atoms with E-state index in [-0.39, 0.29) is 22.5 Å². The first-order valence-corrected chi connectivity index (χ1v) is 6.13. The van der Waals surface area contributed by atoms with Gasteiger partial charge in [0.1, 0.15) is 29.1 Å². The Morgan fingerprint density at radius 2 is 1.67 bits per heavy atom. The SMILES string of the molecule is CN(C)c1ccc(-c2c(C#N)c(N)[nH]c(=O)c2C#N)cc1. The molecule has 0 amide bonds. The molecule has 1 heterocycles. The number of nitrogens with zero attached hydrogens (tertiary/aromatic N) is 3. The van der Waals surface area contributed by atoms with Crippen LogP contribution in [0, 0.1) is 22.7 Å². The Morgan fingerprint density at radius 1 is 1.10 bits per heavy atom. The maximum atomic E-state index is 11.8. The average molecular weight is 279 g/mol. The molecule has 0 spiro atoms. The van der Waals surface area contributed by atoms with Crippen LogP contribution in [0.5, 0.6) is 0 Å². The first-order chi connectivity index (χ1) is 9.99. The second-order valence-corrected chi connectivity index (χ2v) is 4.66. The Labute approximate surface area is 121 Å². The minimum atomic E-state index is -0.597. The van der Waals surface area contributed by atoms with Crippen molar-refractivity contribution in [1.29, 1.82) is 10.5 Å². The number of hydrogen-bond acceptors (Lipinski definition) is 5. The summed E-state index contributed by atoms with van der Waals surface area (Å²) in [4.78, 5) is 16.1. The van der Waals surface area contributed by atoms with E-state index in [0.29, 0.717) is 5.56 Å². The summed E-state index contributed by atoms with van der Waals surface area (Å²) in [5, 5.41) is 18.4. The lowest BCUT2D eigenvalue weighted by atomic mass is 9.96. The molecule has 0 radical (unpaired) electrons. The zero-order chi connectivity index (χ0) is 15.6. The normalized spacial score (nSPS) is 9.71. The summed E-state index contributed by atoms with van der Waals surface area (Å²) in [6, 6.07) is 11.0. The van der Waals surface area contributed by atoms with E-state index in [2.05, 4.69) is 4.98 Å².